The smallest absolute Gasteiger partial charge is 0.0688 e. The summed E-state index contributed by atoms with van der Waals surface area (Å²) in [6.07, 6.45) is 2.08. The van der Waals surface area contributed by atoms with E-state index in [0.29, 0.717) is 0 Å². The van der Waals surface area contributed by atoms with Crippen LogP contribution in [0.25, 0.3) is 10.9 Å². The highest BCUT2D eigenvalue weighted by Gasteiger charge is 2.07. The van der Waals surface area contributed by atoms with Gasteiger partial charge < -0.3 is 9.67 Å². The number of halogens is 1. The molecule has 0 aliphatic heterocycles. The zero-order valence-electron chi connectivity index (χ0n) is 9.64. The molecule has 2 nitrogen and oxygen atoms in total. The van der Waals surface area contributed by atoms with Crippen LogP contribution in [0.5, 0.6) is 0 Å². The molecule has 1 N–H and O–H groups in total. The molecule has 1 aromatic carbocycles. The van der Waals surface area contributed by atoms with Gasteiger partial charge in [-0.05, 0) is 45.1 Å². The number of fused-ring (bicyclic) bond motifs is 1. The fraction of sp³-hybridized carbons (Fsp3) is 0.143. The van der Waals surface area contributed by atoms with Gasteiger partial charge in [0.15, 0.2) is 0 Å². The number of aliphatic hydroxyl groups is 1. The van der Waals surface area contributed by atoms with Gasteiger partial charge in [-0.15, -0.1) is 11.3 Å². The summed E-state index contributed by atoms with van der Waals surface area (Å²) in [7, 11) is 0. The number of aromatic nitrogens is 1. The predicted molar refractivity (Wildman–Crippen MR) is 79.0 cm³/mol. The monoisotopic (exact) mass is 321 g/mol. The second kappa shape index (κ2) is 4.88. The molecule has 0 radical (unpaired) electrons. The lowest BCUT2D eigenvalue weighted by Crippen LogP contribution is -1.96. The summed E-state index contributed by atoms with van der Waals surface area (Å²) in [5.41, 5.74) is 2.15. The summed E-state index contributed by atoms with van der Waals surface area (Å²) >= 11 is 5.31. The Hall–Kier alpha value is -1.10. The van der Waals surface area contributed by atoms with Gasteiger partial charge in [-0.2, -0.15) is 0 Å². The molecule has 0 amide bonds. The summed E-state index contributed by atoms with van der Waals surface area (Å²) < 4.78 is 3.37. The van der Waals surface area contributed by atoms with Gasteiger partial charge in [-0.1, -0.05) is 12.1 Å². The number of hydrogen-bond acceptors (Lipinski definition) is 2. The van der Waals surface area contributed by atoms with E-state index in [1.165, 1.54) is 10.4 Å². The molecule has 2 aromatic heterocycles. The van der Waals surface area contributed by atoms with Crippen molar-refractivity contribution < 1.29 is 5.11 Å². The number of thiophene rings is 1. The summed E-state index contributed by atoms with van der Waals surface area (Å²) in [6, 6.07) is 10.2. The van der Waals surface area contributed by atoms with Crippen LogP contribution in [-0.4, -0.2) is 9.67 Å². The largest absolute Gasteiger partial charge is 0.392 e. The van der Waals surface area contributed by atoms with E-state index in [9.17, 15) is 5.11 Å². The van der Waals surface area contributed by atoms with Gasteiger partial charge in [0.25, 0.3) is 0 Å². The highest BCUT2D eigenvalue weighted by molar-refractivity contribution is 9.10. The fourth-order valence-electron chi connectivity index (χ4n) is 2.16. The van der Waals surface area contributed by atoms with E-state index in [4.69, 9.17) is 0 Å². The maximum Gasteiger partial charge on any atom is 0.0688 e. The van der Waals surface area contributed by atoms with E-state index < -0.39 is 0 Å². The molecule has 0 aliphatic rings. The standard InChI is InChI=1S/C14H12BrNOS/c15-12-5-7-18-14(12)8-16-6-4-11-10(9-17)2-1-3-13(11)16/h1-7,17H,8-9H2. The molecular weight excluding hydrogens is 310 g/mol. The Morgan fingerprint density at radius 2 is 2.11 bits per heavy atom. The van der Waals surface area contributed by atoms with E-state index in [2.05, 4.69) is 50.3 Å². The van der Waals surface area contributed by atoms with Crippen LogP contribution in [0.1, 0.15) is 10.4 Å². The molecule has 0 unspecified atom stereocenters. The Kier molecular flexibility index (Phi) is 3.24. The van der Waals surface area contributed by atoms with Gasteiger partial charge in [-0.25, -0.2) is 0 Å². The Morgan fingerprint density at radius 1 is 1.22 bits per heavy atom. The lowest BCUT2D eigenvalue weighted by molar-refractivity contribution is 0.283. The average molecular weight is 322 g/mol. The molecule has 0 spiro atoms. The third kappa shape index (κ3) is 2.00. The second-order valence-electron chi connectivity index (χ2n) is 4.14. The van der Waals surface area contributed by atoms with Crippen molar-refractivity contribution in [2.24, 2.45) is 0 Å². The lowest BCUT2D eigenvalue weighted by atomic mass is 10.1. The van der Waals surface area contributed by atoms with Crippen LogP contribution < -0.4 is 0 Å². The Balaban J connectivity index is 2.06. The minimum atomic E-state index is 0.0874. The first-order valence-corrected chi connectivity index (χ1v) is 7.36. The molecule has 92 valence electrons. The van der Waals surface area contributed by atoms with Gasteiger partial charge in [-0.3, -0.25) is 0 Å². The molecule has 0 atom stereocenters. The number of rotatable bonds is 3. The number of benzene rings is 1. The molecule has 0 fully saturated rings. The highest BCUT2D eigenvalue weighted by atomic mass is 79.9. The van der Waals surface area contributed by atoms with Crippen molar-refractivity contribution in [1.82, 2.24) is 4.57 Å². The summed E-state index contributed by atoms with van der Waals surface area (Å²) in [5.74, 6) is 0. The van der Waals surface area contributed by atoms with Crippen molar-refractivity contribution in [3.8, 4) is 0 Å². The van der Waals surface area contributed by atoms with Gasteiger partial charge >= 0.3 is 0 Å². The van der Waals surface area contributed by atoms with Crippen molar-refractivity contribution >= 4 is 38.2 Å². The molecule has 0 saturated heterocycles. The van der Waals surface area contributed by atoms with Crippen molar-refractivity contribution in [1.29, 1.82) is 0 Å². The summed E-state index contributed by atoms with van der Waals surface area (Å²) in [4.78, 5) is 1.31. The topological polar surface area (TPSA) is 25.2 Å². The van der Waals surface area contributed by atoms with Crippen LogP contribution in [0.15, 0.2) is 46.4 Å². The Bertz CT molecular complexity index is 686. The van der Waals surface area contributed by atoms with Crippen LogP contribution in [-0.2, 0) is 13.2 Å². The quantitative estimate of drug-likeness (QED) is 0.774. The van der Waals surface area contributed by atoms with Crippen molar-refractivity contribution in [2.45, 2.75) is 13.2 Å². The second-order valence-corrected chi connectivity index (χ2v) is 6.00. The maximum absolute atomic E-state index is 9.33. The van der Waals surface area contributed by atoms with Crippen molar-refractivity contribution in [3.63, 3.8) is 0 Å². The normalized spacial score (nSPS) is 11.2. The van der Waals surface area contributed by atoms with Crippen LogP contribution in [0, 0.1) is 0 Å². The van der Waals surface area contributed by atoms with E-state index in [1.807, 2.05) is 12.1 Å². The molecule has 0 bridgehead atoms. The van der Waals surface area contributed by atoms with E-state index in [0.717, 1.165) is 22.0 Å². The Morgan fingerprint density at radius 3 is 2.83 bits per heavy atom. The van der Waals surface area contributed by atoms with Gasteiger partial charge in [0.05, 0.1) is 13.2 Å². The maximum atomic E-state index is 9.33. The number of hydrogen-bond donors (Lipinski definition) is 1. The highest BCUT2D eigenvalue weighted by Crippen LogP contribution is 2.26. The van der Waals surface area contributed by atoms with Crippen LogP contribution in [0.3, 0.4) is 0 Å². The first-order chi connectivity index (χ1) is 8.79. The molecule has 3 aromatic rings. The van der Waals surface area contributed by atoms with Gasteiger partial charge in [0.1, 0.15) is 0 Å². The third-order valence-corrected chi connectivity index (χ3v) is 4.99. The predicted octanol–water partition coefficient (Wildman–Crippen LogP) is 4.01. The molecule has 0 aliphatic carbocycles. The number of nitrogens with zero attached hydrogens (tertiary/aromatic N) is 1. The van der Waals surface area contributed by atoms with E-state index >= 15 is 0 Å². The zero-order chi connectivity index (χ0) is 12.5. The molecule has 0 saturated carbocycles. The van der Waals surface area contributed by atoms with Crippen LogP contribution in [0.2, 0.25) is 0 Å². The fourth-order valence-corrected chi connectivity index (χ4v) is 3.63. The van der Waals surface area contributed by atoms with Crippen LogP contribution >= 0.6 is 27.3 Å². The van der Waals surface area contributed by atoms with Crippen LogP contribution in [0.4, 0.5) is 0 Å². The van der Waals surface area contributed by atoms with Gasteiger partial charge in [0.2, 0.25) is 0 Å². The molecule has 3 rings (SSSR count). The number of aliphatic hydroxyl groups excluding tert-OH is 1. The zero-order valence-corrected chi connectivity index (χ0v) is 12.0. The molecule has 18 heavy (non-hydrogen) atoms. The first-order valence-electron chi connectivity index (χ1n) is 5.69. The molecular formula is C14H12BrNOS. The average Bonchev–Trinajstić information content (AvgIpc) is 2.97. The van der Waals surface area contributed by atoms with Crippen molar-refractivity contribution in [2.75, 3.05) is 0 Å². The Labute approximate surface area is 118 Å². The molecule has 2 heterocycles. The SMILES string of the molecule is OCc1cccc2c1ccn2Cc1sccc1Br. The molecule has 4 heteroatoms. The minimum Gasteiger partial charge on any atom is -0.392 e. The third-order valence-electron chi connectivity index (χ3n) is 3.08. The summed E-state index contributed by atoms with van der Waals surface area (Å²) in [6.45, 7) is 0.945. The van der Waals surface area contributed by atoms with E-state index in [-0.39, 0.29) is 6.61 Å². The minimum absolute atomic E-state index is 0.0874. The first kappa shape index (κ1) is 12.0. The lowest BCUT2D eigenvalue weighted by Gasteiger charge is -2.05. The van der Waals surface area contributed by atoms with E-state index in [1.54, 1.807) is 11.3 Å². The summed E-state index contributed by atoms with van der Waals surface area (Å²) in [5, 5.41) is 12.6. The van der Waals surface area contributed by atoms with Crippen molar-refractivity contribution in [3.05, 3.63) is 56.8 Å². The van der Waals surface area contributed by atoms with Gasteiger partial charge in [0, 0.05) is 26.4 Å².